The lowest BCUT2D eigenvalue weighted by Gasteiger charge is -2.01. The first-order valence-electron chi connectivity index (χ1n) is 3.37. The summed E-state index contributed by atoms with van der Waals surface area (Å²) in [7, 11) is 1.59. The van der Waals surface area contributed by atoms with E-state index in [9.17, 15) is 4.79 Å². The molecule has 0 unspecified atom stereocenters. The zero-order valence-corrected chi connectivity index (χ0v) is 6.63. The van der Waals surface area contributed by atoms with Gasteiger partial charge < -0.3 is 9.47 Å². The average Bonchev–Trinajstić information content (AvgIpc) is 2.04. The minimum atomic E-state index is -0.220. The molecular weight excluding hydrogens is 148 g/mol. The number of hydrogen-bond acceptors (Lipinski definition) is 4. The minimum absolute atomic E-state index is 0.220. The number of rotatable bonds is 6. The second-order valence-corrected chi connectivity index (χ2v) is 1.92. The molecule has 66 valence electrons. The number of nitrogens with two attached hydrogens (primary N) is 1. The summed E-state index contributed by atoms with van der Waals surface area (Å²) in [5, 5.41) is 0. The molecule has 3 N–H and O–H groups in total. The molecule has 5 heteroatoms. The zero-order valence-electron chi connectivity index (χ0n) is 6.63. The molecule has 0 aliphatic rings. The zero-order chi connectivity index (χ0) is 8.53. The van der Waals surface area contributed by atoms with Crippen LogP contribution in [0, 0.1) is 0 Å². The molecule has 0 aliphatic carbocycles. The van der Waals surface area contributed by atoms with Gasteiger partial charge in [0.1, 0.15) is 0 Å². The fourth-order valence-corrected chi connectivity index (χ4v) is 0.481. The van der Waals surface area contributed by atoms with E-state index < -0.39 is 0 Å². The fraction of sp³-hybridized carbons (Fsp3) is 0.833. The second kappa shape index (κ2) is 7.46. The van der Waals surface area contributed by atoms with E-state index in [0.717, 1.165) is 0 Å². The maximum atomic E-state index is 10.5. The maximum Gasteiger partial charge on any atom is 0.236 e. The standard InChI is InChI=1S/C6H14N2O3/c1-10-4-5-11-3-2-6(9)8-7/h2-5,7H2,1H3,(H,8,9). The molecule has 0 bridgehead atoms. The quantitative estimate of drug-likeness (QED) is 0.228. The van der Waals surface area contributed by atoms with Crippen molar-refractivity contribution in [3.05, 3.63) is 0 Å². The molecular formula is C6H14N2O3. The van der Waals surface area contributed by atoms with Crippen LogP contribution in [0.5, 0.6) is 0 Å². The molecule has 0 radical (unpaired) electrons. The molecule has 0 aromatic heterocycles. The molecule has 0 atom stereocenters. The first-order chi connectivity index (χ1) is 5.31. The Bertz CT molecular complexity index is 108. The highest BCUT2D eigenvalue weighted by atomic mass is 16.5. The molecule has 0 fully saturated rings. The second-order valence-electron chi connectivity index (χ2n) is 1.92. The van der Waals surface area contributed by atoms with Crippen LogP contribution in [-0.4, -0.2) is 32.8 Å². The lowest BCUT2D eigenvalue weighted by molar-refractivity contribution is -0.122. The highest BCUT2D eigenvalue weighted by Gasteiger charge is 1.96. The van der Waals surface area contributed by atoms with Gasteiger partial charge in [-0.05, 0) is 0 Å². The fourth-order valence-electron chi connectivity index (χ4n) is 0.481. The Labute approximate surface area is 65.8 Å². The van der Waals surface area contributed by atoms with Crippen LogP contribution in [0.2, 0.25) is 0 Å². The number of carbonyl (C=O) groups is 1. The molecule has 0 saturated carbocycles. The van der Waals surface area contributed by atoms with Gasteiger partial charge in [0.05, 0.1) is 26.2 Å². The summed E-state index contributed by atoms with van der Waals surface area (Å²) < 4.78 is 9.73. The van der Waals surface area contributed by atoms with E-state index in [0.29, 0.717) is 26.2 Å². The summed E-state index contributed by atoms with van der Waals surface area (Å²) in [5.74, 6) is 4.61. The summed E-state index contributed by atoms with van der Waals surface area (Å²) in [6.45, 7) is 1.44. The van der Waals surface area contributed by atoms with E-state index in [-0.39, 0.29) is 5.91 Å². The predicted octanol–water partition coefficient (Wildman–Crippen LogP) is -0.971. The van der Waals surface area contributed by atoms with E-state index in [4.69, 9.17) is 15.3 Å². The molecule has 1 amide bonds. The number of ether oxygens (including phenoxy) is 2. The van der Waals surface area contributed by atoms with Gasteiger partial charge in [-0.25, -0.2) is 5.84 Å². The Morgan fingerprint density at radius 1 is 1.45 bits per heavy atom. The van der Waals surface area contributed by atoms with Crippen LogP contribution in [0.25, 0.3) is 0 Å². The van der Waals surface area contributed by atoms with Crippen molar-refractivity contribution >= 4 is 5.91 Å². The van der Waals surface area contributed by atoms with Crippen molar-refractivity contribution in [2.24, 2.45) is 5.84 Å². The minimum Gasteiger partial charge on any atom is -0.382 e. The van der Waals surface area contributed by atoms with Crippen molar-refractivity contribution in [3.8, 4) is 0 Å². The lowest BCUT2D eigenvalue weighted by Crippen LogP contribution is -2.30. The van der Waals surface area contributed by atoms with Crippen molar-refractivity contribution in [1.82, 2.24) is 5.43 Å². The van der Waals surface area contributed by atoms with Gasteiger partial charge in [-0.3, -0.25) is 10.2 Å². The van der Waals surface area contributed by atoms with Gasteiger partial charge in [-0.15, -0.1) is 0 Å². The number of hydrogen-bond donors (Lipinski definition) is 2. The Morgan fingerprint density at radius 2 is 2.18 bits per heavy atom. The number of amides is 1. The van der Waals surface area contributed by atoms with Crippen molar-refractivity contribution < 1.29 is 14.3 Å². The summed E-state index contributed by atoms with van der Waals surface area (Å²) in [6.07, 6.45) is 0.292. The van der Waals surface area contributed by atoms with Gasteiger partial charge in [0.15, 0.2) is 0 Å². The summed E-state index contributed by atoms with van der Waals surface area (Å²) in [5.41, 5.74) is 2.01. The van der Waals surface area contributed by atoms with E-state index in [1.165, 1.54) is 0 Å². The highest BCUT2D eigenvalue weighted by molar-refractivity contribution is 5.75. The van der Waals surface area contributed by atoms with Crippen LogP contribution in [0.4, 0.5) is 0 Å². The van der Waals surface area contributed by atoms with E-state index in [2.05, 4.69) is 0 Å². The Morgan fingerprint density at radius 3 is 2.73 bits per heavy atom. The molecule has 0 spiro atoms. The van der Waals surface area contributed by atoms with Crippen LogP contribution in [-0.2, 0) is 14.3 Å². The summed E-state index contributed by atoms with van der Waals surface area (Å²) >= 11 is 0. The third-order valence-electron chi connectivity index (χ3n) is 1.07. The monoisotopic (exact) mass is 162 g/mol. The number of hydrazine groups is 1. The van der Waals surface area contributed by atoms with Gasteiger partial charge in [-0.1, -0.05) is 0 Å². The largest absolute Gasteiger partial charge is 0.382 e. The smallest absolute Gasteiger partial charge is 0.236 e. The molecule has 0 heterocycles. The Kier molecular flexibility index (Phi) is 7.02. The normalized spacial score (nSPS) is 9.64. The van der Waals surface area contributed by atoms with E-state index in [1.54, 1.807) is 7.11 Å². The molecule has 0 rings (SSSR count). The van der Waals surface area contributed by atoms with Crippen LogP contribution in [0.1, 0.15) is 6.42 Å². The van der Waals surface area contributed by atoms with Gasteiger partial charge in [0.25, 0.3) is 0 Å². The lowest BCUT2D eigenvalue weighted by atomic mass is 10.4. The van der Waals surface area contributed by atoms with Gasteiger partial charge in [0, 0.05) is 7.11 Å². The molecule has 0 aliphatic heterocycles. The average molecular weight is 162 g/mol. The van der Waals surface area contributed by atoms with E-state index in [1.807, 2.05) is 5.43 Å². The number of methoxy groups -OCH3 is 1. The number of nitrogens with one attached hydrogen (secondary N) is 1. The van der Waals surface area contributed by atoms with Crippen molar-refractivity contribution in [2.45, 2.75) is 6.42 Å². The topological polar surface area (TPSA) is 73.6 Å². The van der Waals surface area contributed by atoms with Crippen molar-refractivity contribution in [1.29, 1.82) is 0 Å². The van der Waals surface area contributed by atoms with E-state index >= 15 is 0 Å². The first-order valence-corrected chi connectivity index (χ1v) is 3.37. The molecule has 11 heavy (non-hydrogen) atoms. The van der Waals surface area contributed by atoms with Gasteiger partial charge >= 0.3 is 0 Å². The third kappa shape index (κ3) is 7.24. The van der Waals surface area contributed by atoms with Crippen LogP contribution >= 0.6 is 0 Å². The van der Waals surface area contributed by atoms with Crippen LogP contribution < -0.4 is 11.3 Å². The highest BCUT2D eigenvalue weighted by Crippen LogP contribution is 1.81. The van der Waals surface area contributed by atoms with Crippen LogP contribution in [0.3, 0.4) is 0 Å². The molecule has 5 nitrogen and oxygen atoms in total. The number of carbonyl (C=O) groups excluding carboxylic acids is 1. The van der Waals surface area contributed by atoms with Gasteiger partial charge in [-0.2, -0.15) is 0 Å². The summed E-state index contributed by atoms with van der Waals surface area (Å²) in [6, 6.07) is 0. The Balaban J connectivity index is 2.95. The third-order valence-corrected chi connectivity index (χ3v) is 1.07. The summed E-state index contributed by atoms with van der Waals surface area (Å²) in [4.78, 5) is 10.5. The van der Waals surface area contributed by atoms with Gasteiger partial charge in [0.2, 0.25) is 5.91 Å². The molecule has 0 aromatic rings. The van der Waals surface area contributed by atoms with Crippen molar-refractivity contribution in [2.75, 3.05) is 26.9 Å². The first kappa shape index (κ1) is 10.3. The van der Waals surface area contributed by atoms with Crippen molar-refractivity contribution in [3.63, 3.8) is 0 Å². The maximum absolute atomic E-state index is 10.5. The SMILES string of the molecule is COCCOCCC(=O)NN. The molecule has 0 saturated heterocycles. The van der Waals surface area contributed by atoms with Crippen LogP contribution in [0.15, 0.2) is 0 Å². The Hall–Kier alpha value is -0.650. The predicted molar refractivity (Wildman–Crippen MR) is 39.6 cm³/mol. The molecule has 0 aromatic carbocycles.